The molecule has 0 radical (unpaired) electrons. The summed E-state index contributed by atoms with van der Waals surface area (Å²) in [6, 6.07) is 8.53. The normalized spacial score (nSPS) is 13.3. The zero-order valence-electron chi connectivity index (χ0n) is 11.5. The van der Waals surface area contributed by atoms with Gasteiger partial charge in [0.15, 0.2) is 0 Å². The number of likely N-dealkylation sites (N-methyl/N-ethyl adjacent to an activating group) is 1. The van der Waals surface area contributed by atoms with Crippen LogP contribution in [0.5, 0.6) is 0 Å². The van der Waals surface area contributed by atoms with Gasteiger partial charge in [0, 0.05) is 13.5 Å². The lowest BCUT2D eigenvalue weighted by molar-refractivity contribution is -0.147. The molecule has 0 spiro atoms. The number of carbonyl (C=O) groups excluding carboxylic acids is 2. The van der Waals surface area contributed by atoms with E-state index in [4.69, 9.17) is 5.73 Å². The second-order valence-corrected chi connectivity index (χ2v) is 4.90. The lowest BCUT2D eigenvalue weighted by Gasteiger charge is -2.27. The van der Waals surface area contributed by atoms with E-state index in [9.17, 15) is 19.5 Å². The van der Waals surface area contributed by atoms with Crippen molar-refractivity contribution in [3.05, 3.63) is 35.9 Å². The highest BCUT2D eigenvalue weighted by molar-refractivity contribution is 5.90. The first-order valence-corrected chi connectivity index (χ1v) is 6.08. The largest absolute Gasteiger partial charge is 0.481 e. The smallest absolute Gasteiger partial charge is 0.314 e. The van der Waals surface area contributed by atoms with Crippen LogP contribution in [0.2, 0.25) is 0 Å². The highest BCUT2D eigenvalue weighted by atomic mass is 16.4. The quantitative estimate of drug-likeness (QED) is 0.784. The van der Waals surface area contributed by atoms with Crippen molar-refractivity contribution in [3.8, 4) is 0 Å². The van der Waals surface area contributed by atoms with Crippen molar-refractivity contribution in [2.75, 3.05) is 13.6 Å². The first kappa shape index (κ1) is 15.7. The third-order valence-corrected chi connectivity index (χ3v) is 3.21. The van der Waals surface area contributed by atoms with Crippen molar-refractivity contribution < 1.29 is 19.5 Å². The summed E-state index contributed by atoms with van der Waals surface area (Å²) in [6.07, 6.45) is -0.240. The molecule has 20 heavy (non-hydrogen) atoms. The summed E-state index contributed by atoms with van der Waals surface area (Å²) < 4.78 is 0. The van der Waals surface area contributed by atoms with Gasteiger partial charge in [0.25, 0.3) is 0 Å². The van der Waals surface area contributed by atoms with Gasteiger partial charge >= 0.3 is 5.97 Å². The molecule has 1 unspecified atom stereocenters. The zero-order valence-corrected chi connectivity index (χ0v) is 11.5. The topological polar surface area (TPSA) is 101 Å². The van der Waals surface area contributed by atoms with E-state index in [1.54, 1.807) is 30.3 Å². The van der Waals surface area contributed by atoms with Crippen LogP contribution in [0.3, 0.4) is 0 Å². The van der Waals surface area contributed by atoms with Crippen LogP contribution in [0.4, 0.5) is 0 Å². The van der Waals surface area contributed by atoms with Crippen molar-refractivity contribution in [1.29, 1.82) is 0 Å². The number of carbonyl (C=O) groups is 3. The predicted octanol–water partition coefficient (Wildman–Crippen LogP) is 0.363. The molecule has 6 heteroatoms. The second-order valence-electron chi connectivity index (χ2n) is 4.90. The molecule has 3 N–H and O–H groups in total. The summed E-state index contributed by atoms with van der Waals surface area (Å²) in [6.45, 7) is 1.25. The molecule has 2 amide bonds. The maximum Gasteiger partial charge on any atom is 0.314 e. The third kappa shape index (κ3) is 3.57. The van der Waals surface area contributed by atoms with Gasteiger partial charge in [-0.2, -0.15) is 0 Å². The summed E-state index contributed by atoms with van der Waals surface area (Å²) in [4.78, 5) is 35.5. The van der Waals surface area contributed by atoms with Gasteiger partial charge in [-0.25, -0.2) is 0 Å². The van der Waals surface area contributed by atoms with Crippen LogP contribution in [0.15, 0.2) is 30.3 Å². The molecule has 0 bridgehead atoms. The van der Waals surface area contributed by atoms with Gasteiger partial charge < -0.3 is 15.7 Å². The summed E-state index contributed by atoms with van der Waals surface area (Å²) >= 11 is 0. The molecular weight excluding hydrogens is 260 g/mol. The molecule has 1 rings (SSSR count). The van der Waals surface area contributed by atoms with Crippen molar-refractivity contribution in [2.45, 2.75) is 18.8 Å². The number of amides is 2. The van der Waals surface area contributed by atoms with E-state index < -0.39 is 23.2 Å². The first-order chi connectivity index (χ1) is 9.27. The summed E-state index contributed by atoms with van der Waals surface area (Å²) in [5.74, 6) is -2.18. The number of aliphatic carboxylic acids is 1. The number of nitrogens with zero attached hydrogens (tertiary/aromatic N) is 1. The SMILES string of the molecule is CN(CC(N)=O)C(=O)CC(C)(C(=O)O)c1ccccc1. The Kier molecular flexibility index (Phi) is 4.85. The van der Waals surface area contributed by atoms with E-state index in [2.05, 4.69) is 0 Å². The fourth-order valence-electron chi connectivity index (χ4n) is 1.87. The summed E-state index contributed by atoms with van der Waals surface area (Å²) in [5.41, 5.74) is 4.21. The van der Waals surface area contributed by atoms with Gasteiger partial charge in [-0.1, -0.05) is 30.3 Å². The summed E-state index contributed by atoms with van der Waals surface area (Å²) in [7, 11) is 1.42. The zero-order chi connectivity index (χ0) is 15.3. The number of hydrogen-bond acceptors (Lipinski definition) is 3. The fourth-order valence-corrected chi connectivity index (χ4v) is 1.87. The van der Waals surface area contributed by atoms with Gasteiger partial charge in [0.2, 0.25) is 11.8 Å². The number of primary amides is 1. The Morgan fingerprint density at radius 1 is 1.25 bits per heavy atom. The van der Waals surface area contributed by atoms with E-state index in [-0.39, 0.29) is 13.0 Å². The lowest BCUT2D eigenvalue weighted by Crippen LogP contribution is -2.42. The Morgan fingerprint density at radius 2 is 1.80 bits per heavy atom. The van der Waals surface area contributed by atoms with Crippen molar-refractivity contribution in [2.24, 2.45) is 5.73 Å². The molecule has 0 heterocycles. The maximum atomic E-state index is 12.0. The van der Waals surface area contributed by atoms with Crippen LogP contribution in [0.25, 0.3) is 0 Å². The van der Waals surface area contributed by atoms with Crippen LogP contribution in [-0.2, 0) is 19.8 Å². The minimum Gasteiger partial charge on any atom is -0.481 e. The Labute approximate surface area is 117 Å². The summed E-state index contributed by atoms with van der Waals surface area (Å²) in [5, 5.41) is 9.44. The molecule has 1 aromatic rings. The molecule has 0 aliphatic rings. The van der Waals surface area contributed by atoms with Gasteiger partial charge in [-0.3, -0.25) is 14.4 Å². The van der Waals surface area contributed by atoms with Crippen LogP contribution in [0.1, 0.15) is 18.9 Å². The van der Waals surface area contributed by atoms with Crippen LogP contribution in [0, 0.1) is 0 Å². The molecular formula is C14H18N2O4. The van der Waals surface area contributed by atoms with E-state index in [1.165, 1.54) is 14.0 Å². The van der Waals surface area contributed by atoms with Gasteiger partial charge in [-0.15, -0.1) is 0 Å². The van der Waals surface area contributed by atoms with Gasteiger partial charge in [-0.05, 0) is 12.5 Å². The first-order valence-electron chi connectivity index (χ1n) is 6.08. The molecule has 0 aromatic heterocycles. The Hall–Kier alpha value is -2.37. The third-order valence-electron chi connectivity index (χ3n) is 3.21. The average molecular weight is 278 g/mol. The van der Waals surface area contributed by atoms with Crippen LogP contribution < -0.4 is 5.73 Å². The standard InChI is InChI=1S/C14H18N2O4/c1-14(13(19)20,10-6-4-3-5-7-10)8-12(18)16(2)9-11(15)17/h3-7H,8-9H2,1-2H3,(H2,15,17)(H,19,20). The molecule has 0 aliphatic carbocycles. The second kappa shape index (κ2) is 6.18. The monoisotopic (exact) mass is 278 g/mol. The van der Waals surface area contributed by atoms with E-state index in [1.807, 2.05) is 0 Å². The molecule has 1 atom stereocenters. The lowest BCUT2D eigenvalue weighted by atomic mass is 9.79. The highest BCUT2D eigenvalue weighted by Crippen LogP contribution is 2.28. The molecule has 1 aromatic carbocycles. The predicted molar refractivity (Wildman–Crippen MR) is 72.9 cm³/mol. The Balaban J connectivity index is 2.96. The van der Waals surface area contributed by atoms with E-state index in [0.717, 1.165) is 4.90 Å². The molecule has 6 nitrogen and oxygen atoms in total. The van der Waals surface area contributed by atoms with Crippen molar-refractivity contribution in [1.82, 2.24) is 4.90 Å². The van der Waals surface area contributed by atoms with Gasteiger partial charge in [0.05, 0.1) is 12.0 Å². The number of rotatable bonds is 6. The maximum absolute atomic E-state index is 12.0. The number of benzene rings is 1. The fraction of sp³-hybridized carbons (Fsp3) is 0.357. The van der Waals surface area contributed by atoms with Crippen molar-refractivity contribution >= 4 is 17.8 Å². The number of carboxylic acids is 1. The minimum absolute atomic E-state index is 0.233. The van der Waals surface area contributed by atoms with Crippen LogP contribution >= 0.6 is 0 Å². The molecule has 0 aliphatic heterocycles. The Bertz CT molecular complexity index is 515. The van der Waals surface area contributed by atoms with E-state index in [0.29, 0.717) is 5.56 Å². The molecule has 0 fully saturated rings. The number of hydrogen-bond donors (Lipinski definition) is 2. The number of nitrogens with two attached hydrogens (primary N) is 1. The van der Waals surface area contributed by atoms with Gasteiger partial charge in [0.1, 0.15) is 0 Å². The van der Waals surface area contributed by atoms with E-state index >= 15 is 0 Å². The van der Waals surface area contributed by atoms with Crippen molar-refractivity contribution in [3.63, 3.8) is 0 Å². The Morgan fingerprint density at radius 3 is 2.25 bits per heavy atom. The average Bonchev–Trinajstić information content (AvgIpc) is 2.38. The number of carboxylic acid groups (broad SMARTS) is 1. The highest BCUT2D eigenvalue weighted by Gasteiger charge is 2.38. The molecule has 0 saturated heterocycles. The minimum atomic E-state index is -1.34. The molecule has 108 valence electrons. The molecule has 0 saturated carbocycles. The van der Waals surface area contributed by atoms with Crippen LogP contribution in [-0.4, -0.2) is 41.4 Å².